The lowest BCUT2D eigenvalue weighted by Crippen LogP contribution is -2.06. The largest absolute Gasteiger partial charge is 0.487 e. The number of aryl methyl sites for hydroxylation is 2. The van der Waals surface area contributed by atoms with E-state index < -0.39 is 0 Å². The number of nitrogens with zero attached hydrogens (tertiary/aromatic N) is 2. The first-order valence-corrected chi connectivity index (χ1v) is 6.66. The average Bonchev–Trinajstić information content (AvgIpc) is 2.72. The summed E-state index contributed by atoms with van der Waals surface area (Å²) in [6, 6.07) is 7.80. The first kappa shape index (κ1) is 13.7. The maximum atomic E-state index is 6.23. The van der Waals surface area contributed by atoms with Gasteiger partial charge in [0.15, 0.2) is 0 Å². The number of ether oxygens (including phenoxy) is 1. The molecule has 1 N–H and O–H groups in total. The van der Waals surface area contributed by atoms with Gasteiger partial charge < -0.3 is 10.1 Å². The van der Waals surface area contributed by atoms with E-state index in [2.05, 4.69) is 10.4 Å². The number of hydrogen-bond donors (Lipinski definition) is 1. The minimum absolute atomic E-state index is 0.423. The molecule has 4 nitrogen and oxygen atoms in total. The molecule has 19 heavy (non-hydrogen) atoms. The minimum atomic E-state index is 0.423. The van der Waals surface area contributed by atoms with E-state index in [9.17, 15) is 0 Å². The van der Waals surface area contributed by atoms with Gasteiger partial charge in [0, 0.05) is 19.3 Å². The van der Waals surface area contributed by atoms with Gasteiger partial charge in [-0.05, 0) is 38.1 Å². The fourth-order valence-corrected chi connectivity index (χ4v) is 2.07. The molecule has 0 aliphatic carbocycles. The molecule has 0 amide bonds. The predicted molar refractivity (Wildman–Crippen MR) is 78.0 cm³/mol. The monoisotopic (exact) mass is 279 g/mol. The van der Waals surface area contributed by atoms with Crippen LogP contribution in [0.15, 0.2) is 24.3 Å². The molecule has 0 aliphatic heterocycles. The average molecular weight is 280 g/mol. The summed E-state index contributed by atoms with van der Waals surface area (Å²) in [7, 11) is 1.89. The van der Waals surface area contributed by atoms with Crippen LogP contribution in [0.1, 0.15) is 18.3 Å². The normalized spacial score (nSPS) is 10.5. The lowest BCUT2D eigenvalue weighted by atomic mass is 10.3. The van der Waals surface area contributed by atoms with E-state index in [4.69, 9.17) is 16.3 Å². The maximum Gasteiger partial charge on any atom is 0.131 e. The summed E-state index contributed by atoms with van der Waals surface area (Å²) in [5.74, 6) is 0.816. The molecule has 5 heteroatoms. The number of hydrogen-bond acceptors (Lipinski definition) is 3. The van der Waals surface area contributed by atoms with Crippen LogP contribution in [0, 0.1) is 6.92 Å². The van der Waals surface area contributed by atoms with Crippen LogP contribution < -0.4 is 10.1 Å². The maximum absolute atomic E-state index is 6.23. The topological polar surface area (TPSA) is 39.1 Å². The molecule has 1 aromatic heterocycles. The first-order valence-electron chi connectivity index (χ1n) is 6.28. The Labute approximate surface area is 118 Å². The Morgan fingerprint density at radius 3 is 2.58 bits per heavy atom. The second kappa shape index (κ2) is 5.97. The Bertz CT molecular complexity index is 549. The predicted octanol–water partition coefficient (Wildman–Crippen LogP) is 3.49. The highest BCUT2D eigenvalue weighted by atomic mass is 35.5. The van der Waals surface area contributed by atoms with Crippen molar-refractivity contribution < 1.29 is 4.74 Å². The van der Waals surface area contributed by atoms with Crippen LogP contribution in [0.2, 0.25) is 5.02 Å². The molecule has 0 radical (unpaired) electrons. The Balaban J connectivity index is 2.09. The van der Waals surface area contributed by atoms with Crippen LogP contribution in [-0.4, -0.2) is 16.8 Å². The number of aromatic nitrogens is 2. The molecule has 2 rings (SSSR count). The second-order valence-corrected chi connectivity index (χ2v) is 4.60. The van der Waals surface area contributed by atoms with Crippen molar-refractivity contribution in [2.75, 3.05) is 12.4 Å². The fourth-order valence-electron chi connectivity index (χ4n) is 1.88. The van der Waals surface area contributed by atoms with Crippen LogP contribution in [0.25, 0.3) is 0 Å². The molecule has 1 aromatic carbocycles. The quantitative estimate of drug-likeness (QED) is 0.911. The Morgan fingerprint density at radius 2 is 2.00 bits per heavy atom. The van der Waals surface area contributed by atoms with E-state index in [0.29, 0.717) is 11.6 Å². The van der Waals surface area contributed by atoms with E-state index in [1.807, 2.05) is 49.8 Å². The number of benzene rings is 1. The van der Waals surface area contributed by atoms with E-state index in [0.717, 1.165) is 29.4 Å². The lowest BCUT2D eigenvalue weighted by Gasteiger charge is -2.09. The van der Waals surface area contributed by atoms with Crippen molar-refractivity contribution in [2.24, 2.45) is 0 Å². The third-order valence-corrected chi connectivity index (χ3v) is 3.46. The Morgan fingerprint density at radius 1 is 1.32 bits per heavy atom. The van der Waals surface area contributed by atoms with Crippen LogP contribution >= 0.6 is 11.6 Å². The summed E-state index contributed by atoms with van der Waals surface area (Å²) in [4.78, 5) is 0. The number of anilines is 1. The molecule has 0 atom stereocenters. The van der Waals surface area contributed by atoms with Crippen molar-refractivity contribution in [3.8, 4) is 5.75 Å². The van der Waals surface area contributed by atoms with Gasteiger partial charge in [-0.1, -0.05) is 11.6 Å². The van der Waals surface area contributed by atoms with Gasteiger partial charge >= 0.3 is 0 Å². The third kappa shape index (κ3) is 3.01. The Hall–Kier alpha value is -1.68. The van der Waals surface area contributed by atoms with Crippen LogP contribution in [0.4, 0.5) is 5.69 Å². The highest BCUT2D eigenvalue weighted by Gasteiger charge is 2.12. The number of rotatable bonds is 5. The van der Waals surface area contributed by atoms with E-state index in [1.54, 1.807) is 0 Å². The van der Waals surface area contributed by atoms with Crippen molar-refractivity contribution in [1.82, 2.24) is 9.78 Å². The first-order chi connectivity index (χ1) is 9.15. The SMILES string of the molecule is CCn1nc(C)c(Cl)c1COc1ccc(NC)cc1. The molecule has 0 saturated heterocycles. The summed E-state index contributed by atoms with van der Waals surface area (Å²) >= 11 is 6.23. The van der Waals surface area contributed by atoms with Gasteiger partial charge in [-0.25, -0.2) is 0 Å². The molecule has 1 heterocycles. The zero-order valence-electron chi connectivity index (χ0n) is 11.4. The standard InChI is InChI=1S/C14H18ClN3O/c1-4-18-13(14(15)10(2)17-18)9-19-12-7-5-11(16-3)6-8-12/h5-8,16H,4,9H2,1-3H3. The molecule has 0 spiro atoms. The fraction of sp³-hybridized carbons (Fsp3) is 0.357. The zero-order valence-corrected chi connectivity index (χ0v) is 12.2. The number of halogens is 1. The van der Waals surface area contributed by atoms with Crippen LogP contribution in [0.5, 0.6) is 5.75 Å². The van der Waals surface area contributed by atoms with Gasteiger partial charge in [0.2, 0.25) is 0 Å². The summed E-state index contributed by atoms with van der Waals surface area (Å²) in [6.07, 6.45) is 0. The van der Waals surface area contributed by atoms with E-state index in [1.165, 1.54) is 0 Å². The van der Waals surface area contributed by atoms with Gasteiger partial charge in [-0.3, -0.25) is 4.68 Å². The van der Waals surface area contributed by atoms with Crippen molar-refractivity contribution in [3.05, 3.63) is 40.7 Å². The second-order valence-electron chi connectivity index (χ2n) is 4.22. The molecule has 0 fully saturated rings. The van der Waals surface area contributed by atoms with Crippen molar-refractivity contribution in [1.29, 1.82) is 0 Å². The summed E-state index contributed by atoms with van der Waals surface area (Å²) in [6.45, 7) is 5.14. The van der Waals surface area contributed by atoms with Crippen LogP contribution in [0.3, 0.4) is 0 Å². The Kier molecular flexibility index (Phi) is 4.32. The highest BCUT2D eigenvalue weighted by molar-refractivity contribution is 6.31. The highest BCUT2D eigenvalue weighted by Crippen LogP contribution is 2.23. The lowest BCUT2D eigenvalue weighted by molar-refractivity contribution is 0.292. The van der Waals surface area contributed by atoms with Gasteiger partial charge in [0.25, 0.3) is 0 Å². The summed E-state index contributed by atoms with van der Waals surface area (Å²) in [5.41, 5.74) is 2.81. The van der Waals surface area contributed by atoms with Gasteiger partial charge in [-0.2, -0.15) is 5.10 Å². The molecule has 0 unspecified atom stereocenters. The van der Waals surface area contributed by atoms with Crippen molar-refractivity contribution >= 4 is 17.3 Å². The van der Waals surface area contributed by atoms with E-state index >= 15 is 0 Å². The zero-order chi connectivity index (χ0) is 13.8. The molecule has 0 saturated carbocycles. The summed E-state index contributed by atoms with van der Waals surface area (Å²) < 4.78 is 7.63. The van der Waals surface area contributed by atoms with E-state index in [-0.39, 0.29) is 0 Å². The molecular weight excluding hydrogens is 262 g/mol. The molecule has 0 bridgehead atoms. The van der Waals surface area contributed by atoms with Gasteiger partial charge in [0.1, 0.15) is 12.4 Å². The molecule has 0 aliphatic rings. The van der Waals surface area contributed by atoms with Crippen molar-refractivity contribution in [2.45, 2.75) is 27.0 Å². The third-order valence-electron chi connectivity index (χ3n) is 2.97. The van der Waals surface area contributed by atoms with Crippen LogP contribution in [-0.2, 0) is 13.2 Å². The number of nitrogens with one attached hydrogen (secondary N) is 1. The minimum Gasteiger partial charge on any atom is -0.487 e. The van der Waals surface area contributed by atoms with Gasteiger partial charge in [-0.15, -0.1) is 0 Å². The molecule has 2 aromatic rings. The smallest absolute Gasteiger partial charge is 0.131 e. The van der Waals surface area contributed by atoms with Gasteiger partial charge in [0.05, 0.1) is 16.4 Å². The van der Waals surface area contributed by atoms with Crippen molar-refractivity contribution in [3.63, 3.8) is 0 Å². The molecule has 102 valence electrons. The molecular formula is C14H18ClN3O. The summed E-state index contributed by atoms with van der Waals surface area (Å²) in [5, 5.41) is 8.12.